The number of hydrogen-bond donors (Lipinski definition) is 0. The van der Waals surface area contributed by atoms with Gasteiger partial charge in [-0.1, -0.05) is 0 Å². The minimum atomic E-state index is 0.0972. The van der Waals surface area contributed by atoms with E-state index in [1.807, 2.05) is 47.7 Å². The van der Waals surface area contributed by atoms with Gasteiger partial charge < -0.3 is 4.57 Å². The van der Waals surface area contributed by atoms with Crippen molar-refractivity contribution in [3.63, 3.8) is 0 Å². The molecule has 0 aliphatic rings. The smallest absolute Gasteiger partial charge is 0.161 e. The van der Waals surface area contributed by atoms with Crippen LogP contribution in [0.5, 0.6) is 0 Å². The Morgan fingerprint density at radius 2 is 2.25 bits per heavy atom. The van der Waals surface area contributed by atoms with E-state index >= 15 is 0 Å². The van der Waals surface area contributed by atoms with Crippen LogP contribution < -0.4 is 0 Å². The van der Waals surface area contributed by atoms with Gasteiger partial charge in [-0.05, 0) is 26.0 Å². The van der Waals surface area contributed by atoms with Crippen molar-refractivity contribution in [1.29, 1.82) is 0 Å². The fraction of sp³-hybridized carbons (Fsp3) is 0.333. The highest BCUT2D eigenvalue weighted by Gasteiger charge is 2.05. The quantitative estimate of drug-likeness (QED) is 0.735. The fourth-order valence-electron chi connectivity index (χ4n) is 1.75. The van der Waals surface area contributed by atoms with Crippen LogP contribution in [0.1, 0.15) is 28.7 Å². The summed E-state index contributed by atoms with van der Waals surface area (Å²) in [6.07, 6.45) is 3.78. The van der Waals surface area contributed by atoms with Gasteiger partial charge in [-0.15, -0.1) is 0 Å². The van der Waals surface area contributed by atoms with Gasteiger partial charge in [0.2, 0.25) is 0 Å². The average molecular weight is 217 g/mol. The third kappa shape index (κ3) is 2.05. The molecule has 0 unspecified atom stereocenters. The Kier molecular flexibility index (Phi) is 2.64. The first-order valence-corrected chi connectivity index (χ1v) is 5.22. The highest BCUT2D eigenvalue weighted by molar-refractivity contribution is 5.93. The molecular formula is C12H15N3O. The van der Waals surface area contributed by atoms with E-state index in [4.69, 9.17) is 0 Å². The van der Waals surface area contributed by atoms with E-state index in [9.17, 15) is 4.79 Å². The van der Waals surface area contributed by atoms with Crippen LogP contribution in [0.3, 0.4) is 0 Å². The van der Waals surface area contributed by atoms with Crippen molar-refractivity contribution in [3.8, 4) is 0 Å². The summed E-state index contributed by atoms with van der Waals surface area (Å²) in [5, 5.41) is 4.29. The van der Waals surface area contributed by atoms with Gasteiger partial charge in [0.25, 0.3) is 0 Å². The third-order valence-electron chi connectivity index (χ3n) is 2.60. The van der Waals surface area contributed by atoms with Crippen molar-refractivity contribution in [1.82, 2.24) is 14.3 Å². The molecule has 0 fully saturated rings. The fourth-order valence-corrected chi connectivity index (χ4v) is 1.75. The predicted molar refractivity (Wildman–Crippen MR) is 61.5 cm³/mol. The Morgan fingerprint density at radius 3 is 2.75 bits per heavy atom. The Bertz CT molecular complexity index is 522. The lowest BCUT2D eigenvalue weighted by Crippen LogP contribution is -2.03. The summed E-state index contributed by atoms with van der Waals surface area (Å²) >= 11 is 0. The minimum Gasteiger partial charge on any atom is -0.348 e. The summed E-state index contributed by atoms with van der Waals surface area (Å²) < 4.78 is 3.86. The van der Waals surface area contributed by atoms with Crippen LogP contribution in [0.4, 0.5) is 0 Å². The van der Waals surface area contributed by atoms with Crippen LogP contribution in [0.2, 0.25) is 0 Å². The van der Waals surface area contributed by atoms with E-state index in [0.29, 0.717) is 0 Å². The molecule has 0 bridgehead atoms. The molecule has 2 heterocycles. The molecule has 0 aliphatic carbocycles. The largest absolute Gasteiger partial charge is 0.348 e. The van der Waals surface area contributed by atoms with Gasteiger partial charge in [-0.25, -0.2) is 0 Å². The Balaban J connectivity index is 2.20. The molecule has 0 aliphatic heterocycles. The monoisotopic (exact) mass is 217 g/mol. The summed E-state index contributed by atoms with van der Waals surface area (Å²) in [4.78, 5) is 11.2. The predicted octanol–water partition coefficient (Wildman–Crippen LogP) is 1.78. The maximum atomic E-state index is 11.2. The van der Waals surface area contributed by atoms with Gasteiger partial charge >= 0.3 is 0 Å². The summed E-state index contributed by atoms with van der Waals surface area (Å²) in [6, 6.07) is 3.89. The van der Waals surface area contributed by atoms with Crippen LogP contribution >= 0.6 is 0 Å². The molecule has 0 atom stereocenters. The Morgan fingerprint density at radius 1 is 1.50 bits per heavy atom. The molecule has 2 rings (SSSR count). The second-order valence-electron chi connectivity index (χ2n) is 4.03. The molecule has 2 aromatic heterocycles. The molecule has 0 radical (unpaired) electrons. The van der Waals surface area contributed by atoms with Crippen molar-refractivity contribution >= 4 is 5.78 Å². The molecule has 0 N–H and O–H groups in total. The SMILES string of the molecule is CC(=O)c1ccn(Cc2cc(C)nn2C)c1. The van der Waals surface area contributed by atoms with Gasteiger partial charge in [0.05, 0.1) is 17.9 Å². The van der Waals surface area contributed by atoms with E-state index in [0.717, 1.165) is 23.5 Å². The van der Waals surface area contributed by atoms with Crippen LogP contribution in [-0.2, 0) is 13.6 Å². The van der Waals surface area contributed by atoms with Crippen molar-refractivity contribution in [2.45, 2.75) is 20.4 Å². The van der Waals surface area contributed by atoms with E-state index in [1.165, 1.54) is 0 Å². The molecule has 0 saturated heterocycles. The number of Topliss-reactive ketones (excluding diaryl/α,β-unsaturated/α-hetero) is 1. The molecule has 0 amide bonds. The number of aryl methyl sites for hydroxylation is 2. The molecular weight excluding hydrogens is 202 g/mol. The molecule has 0 spiro atoms. The van der Waals surface area contributed by atoms with Gasteiger partial charge in [0, 0.05) is 25.0 Å². The second kappa shape index (κ2) is 3.96. The number of aromatic nitrogens is 3. The molecule has 2 aromatic rings. The van der Waals surface area contributed by atoms with Crippen LogP contribution in [-0.4, -0.2) is 20.1 Å². The normalized spacial score (nSPS) is 10.7. The highest BCUT2D eigenvalue weighted by atomic mass is 16.1. The van der Waals surface area contributed by atoms with E-state index in [2.05, 4.69) is 5.10 Å². The molecule has 0 saturated carbocycles. The summed E-state index contributed by atoms with van der Waals surface area (Å²) in [5.41, 5.74) is 2.89. The standard InChI is InChI=1S/C12H15N3O/c1-9-6-12(14(3)13-9)8-15-5-4-11(7-15)10(2)16/h4-7H,8H2,1-3H3. The zero-order valence-electron chi connectivity index (χ0n) is 9.77. The van der Waals surface area contributed by atoms with Crippen LogP contribution in [0.15, 0.2) is 24.5 Å². The second-order valence-corrected chi connectivity index (χ2v) is 4.03. The van der Waals surface area contributed by atoms with Gasteiger partial charge in [0.1, 0.15) is 0 Å². The number of hydrogen-bond acceptors (Lipinski definition) is 2. The lowest BCUT2D eigenvalue weighted by Gasteiger charge is -2.02. The van der Waals surface area contributed by atoms with Gasteiger partial charge in [0.15, 0.2) is 5.78 Å². The summed E-state index contributed by atoms with van der Waals surface area (Å²) in [7, 11) is 1.93. The molecule has 4 nitrogen and oxygen atoms in total. The third-order valence-corrected chi connectivity index (χ3v) is 2.60. The molecule has 0 aromatic carbocycles. The maximum absolute atomic E-state index is 11.2. The first-order valence-electron chi connectivity index (χ1n) is 5.22. The minimum absolute atomic E-state index is 0.0972. The van der Waals surface area contributed by atoms with Crippen molar-refractivity contribution in [2.75, 3.05) is 0 Å². The number of carbonyl (C=O) groups is 1. The Labute approximate surface area is 94.5 Å². The first kappa shape index (κ1) is 10.7. The van der Waals surface area contributed by atoms with Crippen molar-refractivity contribution < 1.29 is 4.79 Å². The van der Waals surface area contributed by atoms with Crippen molar-refractivity contribution in [2.24, 2.45) is 7.05 Å². The lowest BCUT2D eigenvalue weighted by atomic mass is 10.2. The van der Waals surface area contributed by atoms with E-state index in [-0.39, 0.29) is 5.78 Å². The number of nitrogens with zero attached hydrogens (tertiary/aromatic N) is 3. The number of rotatable bonds is 3. The topological polar surface area (TPSA) is 39.8 Å². The zero-order valence-corrected chi connectivity index (χ0v) is 9.77. The summed E-state index contributed by atoms with van der Waals surface area (Å²) in [5.74, 6) is 0.0972. The number of carbonyl (C=O) groups excluding carboxylic acids is 1. The van der Waals surface area contributed by atoms with Crippen LogP contribution in [0, 0.1) is 6.92 Å². The first-order chi connectivity index (χ1) is 7.56. The summed E-state index contributed by atoms with van der Waals surface area (Å²) in [6.45, 7) is 4.29. The van der Waals surface area contributed by atoms with E-state index < -0.39 is 0 Å². The maximum Gasteiger partial charge on any atom is 0.161 e. The number of ketones is 1. The van der Waals surface area contributed by atoms with E-state index in [1.54, 1.807) is 6.92 Å². The zero-order chi connectivity index (χ0) is 11.7. The van der Waals surface area contributed by atoms with Gasteiger partial charge in [-0.2, -0.15) is 5.10 Å². The Hall–Kier alpha value is -1.84. The van der Waals surface area contributed by atoms with Crippen LogP contribution in [0.25, 0.3) is 0 Å². The molecule has 16 heavy (non-hydrogen) atoms. The lowest BCUT2D eigenvalue weighted by molar-refractivity contribution is 0.101. The highest BCUT2D eigenvalue weighted by Crippen LogP contribution is 2.07. The van der Waals surface area contributed by atoms with Crippen molar-refractivity contribution in [3.05, 3.63) is 41.5 Å². The molecule has 4 heteroatoms. The van der Waals surface area contributed by atoms with Gasteiger partial charge in [-0.3, -0.25) is 9.48 Å². The molecule has 84 valence electrons. The average Bonchev–Trinajstić information content (AvgIpc) is 2.75.